The van der Waals surface area contributed by atoms with Gasteiger partial charge in [-0.1, -0.05) is 30.3 Å². The first-order valence-corrected chi connectivity index (χ1v) is 14.9. The van der Waals surface area contributed by atoms with Gasteiger partial charge in [0.05, 0.1) is 23.0 Å². The predicted molar refractivity (Wildman–Crippen MR) is 155 cm³/mol. The molecule has 0 radical (unpaired) electrons. The first kappa shape index (κ1) is 25.5. The number of hydrogen-bond donors (Lipinski definition) is 2. The van der Waals surface area contributed by atoms with Crippen LogP contribution in [0.15, 0.2) is 73.2 Å². The first-order chi connectivity index (χ1) is 18.9. The number of pyridine rings is 1. The summed E-state index contributed by atoms with van der Waals surface area (Å²) in [7, 11) is -1.65. The van der Waals surface area contributed by atoms with Crippen molar-refractivity contribution in [3.8, 4) is 17.0 Å². The van der Waals surface area contributed by atoms with Crippen molar-refractivity contribution in [1.82, 2.24) is 14.1 Å². The number of rotatable bonds is 7. The van der Waals surface area contributed by atoms with Crippen LogP contribution in [0.2, 0.25) is 0 Å². The van der Waals surface area contributed by atoms with E-state index >= 15 is 0 Å². The predicted octanol–water partition coefficient (Wildman–Crippen LogP) is 5.68. The highest BCUT2D eigenvalue weighted by Gasteiger charge is 2.28. The van der Waals surface area contributed by atoms with E-state index in [1.54, 1.807) is 13.1 Å². The van der Waals surface area contributed by atoms with Crippen molar-refractivity contribution in [2.24, 2.45) is 13.0 Å². The standard InChI is InChI=1S/C30H32N4O4S/c1-3-39(36,37)32-26-17-22(25-19-33(2)29-23(25)9-13-31-30(29)35)18-27-24(26)10-14-34(27)28(20-7-5-4-6-8-20)21-11-15-38-16-12-21/h4-10,13-14,17-19,21,28,32H,3,11-12,15-16H2,1-2H3,(H,31,35). The minimum absolute atomic E-state index is 0.0258. The van der Waals surface area contributed by atoms with Gasteiger partial charge in [-0.15, -0.1) is 0 Å². The number of aryl methyl sites for hydroxylation is 1. The van der Waals surface area contributed by atoms with Crippen LogP contribution in [0.5, 0.6) is 5.88 Å². The Bertz CT molecular complexity index is 1750. The normalized spacial score (nSPS) is 15.6. The number of hydrogen-bond acceptors (Lipinski definition) is 5. The van der Waals surface area contributed by atoms with Crippen molar-refractivity contribution in [2.45, 2.75) is 25.8 Å². The number of nitrogens with one attached hydrogen (secondary N) is 1. The molecule has 0 bridgehead atoms. The van der Waals surface area contributed by atoms with Crippen molar-refractivity contribution >= 4 is 37.5 Å². The van der Waals surface area contributed by atoms with Gasteiger partial charge in [-0.2, -0.15) is 0 Å². The molecule has 2 N–H and O–H groups in total. The largest absolute Gasteiger partial charge is 0.492 e. The van der Waals surface area contributed by atoms with Crippen LogP contribution in [0.3, 0.4) is 0 Å². The maximum Gasteiger partial charge on any atom is 0.236 e. The van der Waals surface area contributed by atoms with Gasteiger partial charge in [0.2, 0.25) is 15.9 Å². The van der Waals surface area contributed by atoms with Gasteiger partial charge in [0.1, 0.15) is 5.52 Å². The molecule has 1 aliphatic rings. The number of nitrogens with zero attached hydrogens (tertiary/aromatic N) is 3. The summed E-state index contributed by atoms with van der Waals surface area (Å²) in [6.45, 7) is 3.09. The summed E-state index contributed by atoms with van der Waals surface area (Å²) in [4.78, 5) is 4.05. The Morgan fingerprint density at radius 1 is 1.10 bits per heavy atom. The quantitative estimate of drug-likeness (QED) is 0.275. The molecule has 0 aliphatic carbocycles. The number of fused-ring (bicyclic) bond motifs is 2. The lowest BCUT2D eigenvalue weighted by Gasteiger charge is -2.32. The van der Waals surface area contributed by atoms with Gasteiger partial charge < -0.3 is 19.0 Å². The average Bonchev–Trinajstić information content (AvgIpc) is 3.52. The zero-order chi connectivity index (χ0) is 27.1. The summed E-state index contributed by atoms with van der Waals surface area (Å²) in [5.41, 5.74) is 5.06. The molecular weight excluding hydrogens is 512 g/mol. The number of sulfonamides is 1. The second-order valence-electron chi connectivity index (χ2n) is 10.2. The molecule has 9 heteroatoms. The Morgan fingerprint density at radius 3 is 2.62 bits per heavy atom. The molecule has 3 aromatic heterocycles. The maximum absolute atomic E-state index is 12.8. The zero-order valence-corrected chi connectivity index (χ0v) is 22.9. The first-order valence-electron chi connectivity index (χ1n) is 13.3. The van der Waals surface area contributed by atoms with Crippen LogP contribution in [-0.2, 0) is 21.8 Å². The molecule has 0 spiro atoms. The molecule has 202 valence electrons. The van der Waals surface area contributed by atoms with Crippen molar-refractivity contribution in [3.63, 3.8) is 0 Å². The van der Waals surface area contributed by atoms with Crippen molar-refractivity contribution in [2.75, 3.05) is 23.7 Å². The molecule has 2 aromatic carbocycles. The van der Waals surface area contributed by atoms with E-state index in [1.807, 2.05) is 42.1 Å². The van der Waals surface area contributed by atoms with E-state index in [2.05, 4.69) is 50.8 Å². The topological polar surface area (TPSA) is 98.4 Å². The van der Waals surface area contributed by atoms with Crippen LogP contribution < -0.4 is 4.72 Å². The molecule has 0 saturated carbocycles. The van der Waals surface area contributed by atoms with Gasteiger partial charge in [-0.3, -0.25) is 4.72 Å². The fourth-order valence-corrected chi connectivity index (χ4v) is 6.54. The molecule has 5 aromatic rings. The van der Waals surface area contributed by atoms with E-state index in [1.165, 1.54) is 5.56 Å². The average molecular weight is 545 g/mol. The number of ether oxygens (including phenoxy) is 1. The summed E-state index contributed by atoms with van der Waals surface area (Å²) in [6.07, 6.45) is 7.50. The zero-order valence-electron chi connectivity index (χ0n) is 22.0. The van der Waals surface area contributed by atoms with Crippen LogP contribution in [0.4, 0.5) is 5.69 Å². The van der Waals surface area contributed by atoms with Gasteiger partial charge in [0, 0.05) is 55.2 Å². The van der Waals surface area contributed by atoms with E-state index in [-0.39, 0.29) is 17.7 Å². The molecule has 1 aliphatic heterocycles. The van der Waals surface area contributed by atoms with Crippen molar-refractivity contribution in [3.05, 3.63) is 78.8 Å². The highest BCUT2D eigenvalue weighted by atomic mass is 32.2. The lowest BCUT2D eigenvalue weighted by Crippen LogP contribution is -2.26. The van der Waals surface area contributed by atoms with Gasteiger partial charge in [-0.25, -0.2) is 13.4 Å². The summed E-state index contributed by atoms with van der Waals surface area (Å²) >= 11 is 0. The Kier molecular flexibility index (Phi) is 6.56. The summed E-state index contributed by atoms with van der Waals surface area (Å²) in [5, 5.41) is 12.1. The minimum atomic E-state index is -3.52. The second-order valence-corrected chi connectivity index (χ2v) is 12.2. The van der Waals surface area contributed by atoms with E-state index < -0.39 is 10.0 Å². The third-order valence-electron chi connectivity index (χ3n) is 7.82. The number of anilines is 1. The Hall–Kier alpha value is -3.82. The number of aromatic hydroxyl groups is 1. The number of aromatic nitrogens is 3. The highest BCUT2D eigenvalue weighted by molar-refractivity contribution is 7.92. The summed E-state index contributed by atoms with van der Waals surface area (Å²) in [6, 6.07) is 18.4. The van der Waals surface area contributed by atoms with Crippen LogP contribution in [-0.4, -0.2) is 46.6 Å². The minimum Gasteiger partial charge on any atom is -0.492 e. The third-order valence-corrected chi connectivity index (χ3v) is 9.11. The third kappa shape index (κ3) is 4.66. The Labute approximate surface area is 227 Å². The molecule has 6 rings (SSSR count). The van der Waals surface area contributed by atoms with Gasteiger partial charge in [-0.05, 0) is 61.1 Å². The van der Waals surface area contributed by atoms with Crippen LogP contribution in [0, 0.1) is 5.92 Å². The van der Waals surface area contributed by atoms with Gasteiger partial charge in [0.15, 0.2) is 0 Å². The van der Waals surface area contributed by atoms with E-state index in [9.17, 15) is 13.5 Å². The summed E-state index contributed by atoms with van der Waals surface area (Å²) < 4.78 is 38.2. The lowest BCUT2D eigenvalue weighted by atomic mass is 9.86. The molecule has 1 unspecified atom stereocenters. The van der Waals surface area contributed by atoms with Crippen LogP contribution in [0.1, 0.15) is 31.4 Å². The smallest absolute Gasteiger partial charge is 0.236 e. The molecular formula is C30H32N4O4S. The van der Waals surface area contributed by atoms with Crippen LogP contribution >= 0.6 is 0 Å². The van der Waals surface area contributed by atoms with Crippen molar-refractivity contribution < 1.29 is 18.3 Å². The molecule has 39 heavy (non-hydrogen) atoms. The molecule has 1 saturated heterocycles. The monoisotopic (exact) mass is 544 g/mol. The molecule has 4 heterocycles. The molecule has 1 atom stereocenters. The van der Waals surface area contributed by atoms with Gasteiger partial charge in [0.25, 0.3) is 0 Å². The fraction of sp³-hybridized carbons (Fsp3) is 0.300. The van der Waals surface area contributed by atoms with Crippen molar-refractivity contribution in [1.29, 1.82) is 0 Å². The number of benzene rings is 2. The maximum atomic E-state index is 12.8. The Morgan fingerprint density at radius 2 is 1.87 bits per heavy atom. The second kappa shape index (κ2) is 10.1. The van der Waals surface area contributed by atoms with E-state index in [0.29, 0.717) is 17.1 Å². The lowest BCUT2D eigenvalue weighted by molar-refractivity contribution is 0.0548. The van der Waals surface area contributed by atoms with E-state index in [0.717, 1.165) is 53.5 Å². The van der Waals surface area contributed by atoms with Gasteiger partial charge >= 0.3 is 0 Å². The molecule has 8 nitrogen and oxygen atoms in total. The van der Waals surface area contributed by atoms with E-state index in [4.69, 9.17) is 4.74 Å². The SMILES string of the molecule is CCS(=O)(=O)Nc1cc(-c2cn(C)c3c(O)nccc23)cc2c1ccn2C(c1ccccc1)C1CCOCC1. The molecule has 0 amide bonds. The fourth-order valence-electron chi connectivity index (χ4n) is 5.89. The molecule has 1 fully saturated rings. The highest BCUT2D eigenvalue weighted by Crippen LogP contribution is 2.41. The van der Waals surface area contributed by atoms with Crippen LogP contribution in [0.25, 0.3) is 32.9 Å². The Balaban J connectivity index is 1.61. The summed E-state index contributed by atoms with van der Waals surface area (Å²) in [5.74, 6) is 0.306.